The molecule has 0 radical (unpaired) electrons. The number of amides is 1. The topological polar surface area (TPSA) is 101 Å². The fourth-order valence-corrected chi connectivity index (χ4v) is 3.84. The van der Waals surface area contributed by atoms with Crippen LogP contribution in [0.25, 0.3) is 0 Å². The molecule has 2 aliphatic rings. The van der Waals surface area contributed by atoms with Crippen molar-refractivity contribution in [1.29, 1.82) is 0 Å². The number of piperidine rings is 2. The van der Waals surface area contributed by atoms with Crippen LogP contribution in [0.2, 0.25) is 0 Å². The van der Waals surface area contributed by atoms with Crippen LogP contribution in [0, 0.1) is 0 Å². The second-order valence-corrected chi connectivity index (χ2v) is 7.26. The lowest BCUT2D eigenvalue weighted by molar-refractivity contribution is -0.132. The Hall–Kier alpha value is -1.51. The lowest BCUT2D eigenvalue weighted by Crippen LogP contribution is -2.40. The molecule has 0 spiro atoms. The van der Waals surface area contributed by atoms with Crippen molar-refractivity contribution >= 4 is 5.91 Å². The molecule has 25 heavy (non-hydrogen) atoms. The van der Waals surface area contributed by atoms with E-state index < -0.39 is 0 Å². The second-order valence-electron chi connectivity index (χ2n) is 7.26. The van der Waals surface area contributed by atoms with Gasteiger partial charge in [-0.1, -0.05) is 0 Å². The van der Waals surface area contributed by atoms with Gasteiger partial charge in [-0.15, -0.1) is 10.2 Å². The fourth-order valence-electron chi connectivity index (χ4n) is 3.84. The minimum absolute atomic E-state index is 0.140. The van der Waals surface area contributed by atoms with Crippen molar-refractivity contribution in [2.45, 2.75) is 50.7 Å². The number of aliphatic hydroxyl groups is 1. The Morgan fingerprint density at radius 1 is 1.24 bits per heavy atom. The van der Waals surface area contributed by atoms with Crippen LogP contribution in [-0.4, -0.2) is 74.4 Å². The van der Waals surface area contributed by atoms with Crippen molar-refractivity contribution in [1.82, 2.24) is 24.6 Å². The molecule has 1 aromatic rings. The molecule has 0 unspecified atom stereocenters. The summed E-state index contributed by atoms with van der Waals surface area (Å²) < 4.78 is 2.09. The van der Waals surface area contributed by atoms with Crippen molar-refractivity contribution in [3.63, 3.8) is 0 Å². The van der Waals surface area contributed by atoms with Gasteiger partial charge >= 0.3 is 0 Å². The van der Waals surface area contributed by atoms with Crippen molar-refractivity contribution in [2.24, 2.45) is 12.8 Å². The van der Waals surface area contributed by atoms with Gasteiger partial charge < -0.3 is 20.3 Å². The fraction of sp³-hybridized carbons (Fsp3) is 0.824. The molecule has 3 N–H and O–H groups in total. The van der Waals surface area contributed by atoms with E-state index in [4.69, 9.17) is 5.73 Å². The summed E-state index contributed by atoms with van der Waals surface area (Å²) in [7, 11) is 2.02. The number of aliphatic hydroxyl groups excluding tert-OH is 1. The third kappa shape index (κ3) is 4.37. The number of nitrogens with zero attached hydrogens (tertiary/aromatic N) is 5. The van der Waals surface area contributed by atoms with Crippen LogP contribution in [0.5, 0.6) is 0 Å². The maximum atomic E-state index is 12.1. The van der Waals surface area contributed by atoms with Crippen molar-refractivity contribution in [3.8, 4) is 0 Å². The molecule has 3 rings (SSSR count). The van der Waals surface area contributed by atoms with E-state index in [9.17, 15) is 9.90 Å². The van der Waals surface area contributed by atoms with E-state index >= 15 is 0 Å². The zero-order valence-corrected chi connectivity index (χ0v) is 15.1. The Morgan fingerprint density at radius 3 is 2.72 bits per heavy atom. The molecule has 0 aromatic carbocycles. The van der Waals surface area contributed by atoms with Crippen LogP contribution < -0.4 is 5.73 Å². The van der Waals surface area contributed by atoms with E-state index in [1.54, 1.807) is 0 Å². The Morgan fingerprint density at radius 2 is 2.00 bits per heavy atom. The van der Waals surface area contributed by atoms with Gasteiger partial charge in [0.05, 0.1) is 12.6 Å². The molecule has 2 saturated heterocycles. The van der Waals surface area contributed by atoms with Crippen LogP contribution in [0.3, 0.4) is 0 Å². The second kappa shape index (κ2) is 8.25. The molecule has 8 nitrogen and oxygen atoms in total. The molecule has 1 aromatic heterocycles. The van der Waals surface area contributed by atoms with Crippen LogP contribution >= 0.6 is 0 Å². The number of nitrogens with two attached hydrogens (primary N) is 1. The highest BCUT2D eigenvalue weighted by atomic mass is 16.3. The monoisotopic (exact) mass is 350 g/mol. The van der Waals surface area contributed by atoms with Gasteiger partial charge in [0.1, 0.15) is 11.6 Å². The normalized spacial score (nSPS) is 23.2. The lowest BCUT2D eigenvalue weighted by atomic mass is 9.97. The first-order valence-electron chi connectivity index (χ1n) is 9.35. The van der Waals surface area contributed by atoms with Gasteiger partial charge in [-0.3, -0.25) is 9.69 Å². The van der Waals surface area contributed by atoms with E-state index in [0.29, 0.717) is 19.5 Å². The predicted octanol–water partition coefficient (Wildman–Crippen LogP) is -0.173. The molecule has 140 valence electrons. The number of carbonyl (C=O) groups excluding carboxylic acids is 1. The molecule has 0 saturated carbocycles. The molecule has 3 heterocycles. The Labute approximate surface area is 149 Å². The molecule has 2 fully saturated rings. The van der Waals surface area contributed by atoms with E-state index in [-0.39, 0.29) is 17.9 Å². The molecule has 8 heteroatoms. The molecule has 0 aliphatic carbocycles. The Balaban J connectivity index is 1.63. The van der Waals surface area contributed by atoms with Crippen LogP contribution in [0.1, 0.15) is 49.7 Å². The highest BCUT2D eigenvalue weighted by Crippen LogP contribution is 2.26. The van der Waals surface area contributed by atoms with Crippen LogP contribution in [-0.2, 0) is 18.4 Å². The average molecular weight is 350 g/mol. The molecule has 1 amide bonds. The van der Waals surface area contributed by atoms with Crippen LogP contribution in [0.15, 0.2) is 0 Å². The molecular formula is C17H30N6O2. The summed E-state index contributed by atoms with van der Waals surface area (Å²) in [6, 6.07) is 0. The Kier molecular flexibility index (Phi) is 6.03. The number of rotatable bonds is 5. The van der Waals surface area contributed by atoms with Gasteiger partial charge in [-0.25, -0.2) is 0 Å². The van der Waals surface area contributed by atoms with Gasteiger partial charge in [0.2, 0.25) is 5.91 Å². The molecular weight excluding hydrogens is 320 g/mol. The SMILES string of the molecule is Cn1c(CN2CCC(O)CC2)nnc1[C@H]1CCCN(C(=O)CCN)C1. The van der Waals surface area contributed by atoms with Gasteiger partial charge in [0, 0.05) is 52.1 Å². The summed E-state index contributed by atoms with van der Waals surface area (Å²) in [5.41, 5.74) is 5.51. The zero-order valence-electron chi connectivity index (χ0n) is 15.1. The van der Waals surface area contributed by atoms with Gasteiger partial charge in [-0.05, 0) is 25.7 Å². The minimum atomic E-state index is -0.161. The summed E-state index contributed by atoms with van der Waals surface area (Å²) in [6.45, 7) is 4.48. The summed E-state index contributed by atoms with van der Waals surface area (Å²) in [5, 5.41) is 18.5. The molecule has 1 atom stereocenters. The van der Waals surface area contributed by atoms with Gasteiger partial charge in [0.15, 0.2) is 0 Å². The summed E-state index contributed by atoms with van der Waals surface area (Å²) in [5.74, 6) is 2.31. The quantitative estimate of drug-likeness (QED) is 0.764. The maximum Gasteiger partial charge on any atom is 0.223 e. The highest BCUT2D eigenvalue weighted by molar-refractivity contribution is 5.76. The van der Waals surface area contributed by atoms with Gasteiger partial charge in [-0.2, -0.15) is 0 Å². The van der Waals surface area contributed by atoms with E-state index in [1.807, 2.05) is 11.9 Å². The smallest absolute Gasteiger partial charge is 0.223 e. The minimum Gasteiger partial charge on any atom is -0.393 e. The maximum absolute atomic E-state index is 12.1. The van der Waals surface area contributed by atoms with E-state index in [2.05, 4.69) is 19.7 Å². The third-order valence-electron chi connectivity index (χ3n) is 5.42. The first-order chi connectivity index (χ1) is 12.1. The van der Waals surface area contributed by atoms with E-state index in [1.165, 1.54) is 0 Å². The number of carbonyl (C=O) groups is 1. The summed E-state index contributed by atoms with van der Waals surface area (Å²) in [6.07, 6.45) is 3.93. The van der Waals surface area contributed by atoms with Crippen molar-refractivity contribution < 1.29 is 9.90 Å². The molecule has 2 aliphatic heterocycles. The average Bonchev–Trinajstić information content (AvgIpc) is 2.98. The van der Waals surface area contributed by atoms with Gasteiger partial charge in [0.25, 0.3) is 0 Å². The first kappa shape index (κ1) is 18.3. The lowest BCUT2D eigenvalue weighted by Gasteiger charge is -2.32. The third-order valence-corrected chi connectivity index (χ3v) is 5.42. The zero-order chi connectivity index (χ0) is 17.8. The number of hydrogen-bond acceptors (Lipinski definition) is 6. The predicted molar refractivity (Wildman–Crippen MR) is 93.7 cm³/mol. The largest absolute Gasteiger partial charge is 0.393 e. The summed E-state index contributed by atoms with van der Waals surface area (Å²) >= 11 is 0. The number of likely N-dealkylation sites (tertiary alicyclic amines) is 2. The Bertz CT molecular complexity index is 582. The number of hydrogen-bond donors (Lipinski definition) is 2. The standard InChI is InChI=1S/C17H30N6O2/c1-21-15(12-22-9-5-14(24)6-10-22)19-20-17(21)13-3-2-8-23(11-13)16(25)4-7-18/h13-14,24H,2-12,18H2,1H3/t13-/m0/s1. The first-order valence-corrected chi connectivity index (χ1v) is 9.35. The molecule has 0 bridgehead atoms. The highest BCUT2D eigenvalue weighted by Gasteiger charge is 2.28. The van der Waals surface area contributed by atoms with E-state index in [0.717, 1.165) is 63.5 Å². The number of aromatic nitrogens is 3. The summed E-state index contributed by atoms with van der Waals surface area (Å²) in [4.78, 5) is 16.4. The van der Waals surface area contributed by atoms with Crippen molar-refractivity contribution in [2.75, 3.05) is 32.7 Å². The van der Waals surface area contributed by atoms with Crippen LogP contribution in [0.4, 0.5) is 0 Å². The van der Waals surface area contributed by atoms with Crippen molar-refractivity contribution in [3.05, 3.63) is 11.6 Å².